The maximum Gasteiger partial charge on any atom is 0.134 e. The molecule has 1 aromatic heterocycles. The van der Waals surface area contributed by atoms with E-state index < -0.39 is 0 Å². The van der Waals surface area contributed by atoms with Crippen LogP contribution in [0.25, 0.3) is 10.8 Å². The number of nitrogens with one attached hydrogen (secondary N) is 1. The van der Waals surface area contributed by atoms with Crippen LogP contribution < -0.4 is 5.32 Å². The lowest BCUT2D eigenvalue weighted by atomic mass is 10.1. The third-order valence-corrected chi connectivity index (χ3v) is 3.65. The highest BCUT2D eigenvalue weighted by Crippen LogP contribution is 2.38. The molecule has 1 heterocycles. The average Bonchev–Trinajstić information content (AvgIpc) is 3.09. The zero-order valence-corrected chi connectivity index (χ0v) is 10.6. The first-order valence-corrected chi connectivity index (χ1v) is 6.62. The zero-order valence-electron chi connectivity index (χ0n) is 10.6. The Balaban J connectivity index is 1.86. The van der Waals surface area contributed by atoms with E-state index in [2.05, 4.69) is 17.2 Å². The summed E-state index contributed by atoms with van der Waals surface area (Å²) in [6.07, 6.45) is 5.59. The van der Waals surface area contributed by atoms with Crippen LogP contribution >= 0.6 is 0 Å². The Kier molecular flexibility index (Phi) is 2.82. The highest BCUT2D eigenvalue weighted by Gasteiger charge is 2.36. The molecule has 2 unspecified atom stereocenters. The molecule has 1 aromatic carbocycles. The van der Waals surface area contributed by atoms with E-state index in [-0.39, 0.29) is 0 Å². The number of hydrogen-bond acceptors (Lipinski definition) is 3. The minimum atomic E-state index is 0.291. The lowest BCUT2D eigenvalue weighted by molar-refractivity contribution is 0.476. The number of hydrogen-bond donors (Lipinski definition) is 2. The van der Waals surface area contributed by atoms with Gasteiger partial charge in [0.15, 0.2) is 0 Å². The highest BCUT2D eigenvalue weighted by atomic mass is 16.3. The van der Waals surface area contributed by atoms with Gasteiger partial charge in [0.05, 0.1) is 0 Å². The van der Waals surface area contributed by atoms with Crippen molar-refractivity contribution in [2.24, 2.45) is 5.92 Å². The molecule has 2 N–H and O–H groups in total. The van der Waals surface area contributed by atoms with Gasteiger partial charge in [0.25, 0.3) is 0 Å². The van der Waals surface area contributed by atoms with Crippen molar-refractivity contribution in [3.8, 4) is 5.75 Å². The van der Waals surface area contributed by atoms with E-state index in [1.54, 1.807) is 12.1 Å². The van der Waals surface area contributed by atoms with Crippen LogP contribution in [0.2, 0.25) is 0 Å². The molecule has 0 amide bonds. The van der Waals surface area contributed by atoms with Crippen molar-refractivity contribution in [3.63, 3.8) is 0 Å². The fourth-order valence-corrected chi connectivity index (χ4v) is 2.56. The Morgan fingerprint density at radius 3 is 3.11 bits per heavy atom. The zero-order chi connectivity index (χ0) is 12.5. The van der Waals surface area contributed by atoms with Gasteiger partial charge < -0.3 is 10.4 Å². The van der Waals surface area contributed by atoms with Crippen molar-refractivity contribution in [2.75, 3.05) is 5.32 Å². The number of aromatic nitrogens is 1. The quantitative estimate of drug-likeness (QED) is 0.862. The molecule has 3 rings (SSSR count). The van der Waals surface area contributed by atoms with Crippen molar-refractivity contribution in [3.05, 3.63) is 30.5 Å². The number of aromatic hydroxyl groups is 1. The van der Waals surface area contributed by atoms with Gasteiger partial charge in [-0.1, -0.05) is 19.4 Å². The fraction of sp³-hybridized carbons (Fsp3) is 0.400. The van der Waals surface area contributed by atoms with Gasteiger partial charge in [-0.3, -0.25) is 0 Å². The van der Waals surface area contributed by atoms with Crippen molar-refractivity contribution in [1.29, 1.82) is 0 Å². The van der Waals surface area contributed by atoms with Crippen LogP contribution in [0.4, 0.5) is 5.82 Å². The number of phenolic OH excluding ortho intramolecular Hbond substituents is 1. The van der Waals surface area contributed by atoms with Crippen molar-refractivity contribution < 1.29 is 5.11 Å². The van der Waals surface area contributed by atoms with Gasteiger partial charge in [-0.25, -0.2) is 4.98 Å². The molecule has 2 aromatic rings. The molecule has 1 fully saturated rings. The Morgan fingerprint density at radius 1 is 1.39 bits per heavy atom. The Labute approximate surface area is 107 Å². The van der Waals surface area contributed by atoms with E-state index in [1.807, 2.05) is 18.3 Å². The van der Waals surface area contributed by atoms with Crippen molar-refractivity contribution in [2.45, 2.75) is 32.2 Å². The average molecular weight is 242 g/mol. The molecule has 1 saturated carbocycles. The number of fused-ring (bicyclic) bond motifs is 1. The summed E-state index contributed by atoms with van der Waals surface area (Å²) in [6.45, 7) is 2.23. The van der Waals surface area contributed by atoms with E-state index in [9.17, 15) is 5.11 Å². The summed E-state index contributed by atoms with van der Waals surface area (Å²) in [7, 11) is 0. The summed E-state index contributed by atoms with van der Waals surface area (Å²) < 4.78 is 0. The first-order chi connectivity index (χ1) is 8.78. The predicted molar refractivity (Wildman–Crippen MR) is 73.8 cm³/mol. The van der Waals surface area contributed by atoms with Crippen LogP contribution in [0, 0.1) is 5.92 Å². The van der Waals surface area contributed by atoms with Crippen LogP contribution in [-0.4, -0.2) is 16.1 Å². The molecule has 0 saturated heterocycles. The first kappa shape index (κ1) is 11.3. The number of phenols is 1. The molecular formula is C15H18N2O. The summed E-state index contributed by atoms with van der Waals surface area (Å²) in [5, 5.41) is 15.2. The van der Waals surface area contributed by atoms with Gasteiger partial charge >= 0.3 is 0 Å². The van der Waals surface area contributed by atoms with Gasteiger partial charge in [-0.15, -0.1) is 0 Å². The van der Waals surface area contributed by atoms with Crippen LogP contribution in [0.3, 0.4) is 0 Å². The molecule has 2 atom stereocenters. The lowest BCUT2D eigenvalue weighted by Gasteiger charge is -2.08. The summed E-state index contributed by atoms with van der Waals surface area (Å²) in [6, 6.07) is 7.94. The van der Waals surface area contributed by atoms with E-state index in [0.29, 0.717) is 11.8 Å². The molecule has 0 spiro atoms. The molecule has 18 heavy (non-hydrogen) atoms. The minimum Gasteiger partial charge on any atom is -0.508 e. The summed E-state index contributed by atoms with van der Waals surface area (Å²) in [5.41, 5.74) is 0. The number of benzene rings is 1. The summed E-state index contributed by atoms with van der Waals surface area (Å²) >= 11 is 0. The van der Waals surface area contributed by atoms with Crippen molar-refractivity contribution in [1.82, 2.24) is 4.98 Å². The fourth-order valence-electron chi connectivity index (χ4n) is 2.56. The molecule has 94 valence electrons. The van der Waals surface area contributed by atoms with Gasteiger partial charge in [0.1, 0.15) is 11.6 Å². The predicted octanol–water partition coefficient (Wildman–Crippen LogP) is 3.54. The Bertz CT molecular complexity index is 567. The molecule has 0 aliphatic heterocycles. The van der Waals surface area contributed by atoms with Gasteiger partial charge in [-0.05, 0) is 42.3 Å². The highest BCUT2D eigenvalue weighted by molar-refractivity contribution is 5.92. The smallest absolute Gasteiger partial charge is 0.134 e. The SMILES string of the molecule is CCCC1CC1Nc1nccc2ccc(O)cc12. The number of pyridine rings is 1. The minimum absolute atomic E-state index is 0.291. The Morgan fingerprint density at radius 2 is 2.28 bits per heavy atom. The maximum absolute atomic E-state index is 9.59. The van der Waals surface area contributed by atoms with Crippen LogP contribution in [-0.2, 0) is 0 Å². The largest absolute Gasteiger partial charge is 0.508 e. The number of anilines is 1. The third-order valence-electron chi connectivity index (χ3n) is 3.65. The standard InChI is InChI=1S/C15H18N2O/c1-2-3-11-8-14(11)17-15-13-9-12(18)5-4-10(13)6-7-16-15/h4-7,9,11,14,18H,2-3,8H2,1H3,(H,16,17). The van der Waals surface area contributed by atoms with E-state index >= 15 is 0 Å². The lowest BCUT2D eigenvalue weighted by Crippen LogP contribution is -2.06. The molecule has 0 bridgehead atoms. The van der Waals surface area contributed by atoms with Crippen molar-refractivity contribution >= 4 is 16.6 Å². The molecule has 3 heteroatoms. The van der Waals surface area contributed by atoms with Crippen LogP contribution in [0.15, 0.2) is 30.5 Å². The topological polar surface area (TPSA) is 45.2 Å². The van der Waals surface area contributed by atoms with Gasteiger partial charge in [-0.2, -0.15) is 0 Å². The monoisotopic (exact) mass is 242 g/mol. The van der Waals surface area contributed by atoms with Gasteiger partial charge in [0.2, 0.25) is 0 Å². The Hall–Kier alpha value is -1.77. The van der Waals surface area contributed by atoms with Gasteiger partial charge in [0, 0.05) is 17.6 Å². The van der Waals surface area contributed by atoms with Crippen LogP contribution in [0.1, 0.15) is 26.2 Å². The molecule has 0 radical (unpaired) electrons. The second kappa shape index (κ2) is 4.48. The van der Waals surface area contributed by atoms with E-state index in [0.717, 1.165) is 22.5 Å². The summed E-state index contributed by atoms with van der Waals surface area (Å²) in [4.78, 5) is 4.40. The summed E-state index contributed by atoms with van der Waals surface area (Å²) in [5.74, 6) is 1.98. The maximum atomic E-state index is 9.59. The second-order valence-electron chi connectivity index (χ2n) is 5.10. The molecule has 1 aliphatic rings. The normalized spacial score (nSPS) is 22.1. The molecular weight excluding hydrogens is 224 g/mol. The van der Waals surface area contributed by atoms with E-state index in [4.69, 9.17) is 0 Å². The number of rotatable bonds is 4. The molecule has 1 aliphatic carbocycles. The third kappa shape index (κ3) is 2.13. The number of nitrogens with zero attached hydrogens (tertiary/aromatic N) is 1. The first-order valence-electron chi connectivity index (χ1n) is 6.62. The second-order valence-corrected chi connectivity index (χ2v) is 5.10. The van der Waals surface area contributed by atoms with Crippen LogP contribution in [0.5, 0.6) is 5.75 Å². The molecule has 3 nitrogen and oxygen atoms in total. The van der Waals surface area contributed by atoms with E-state index in [1.165, 1.54) is 19.3 Å².